The summed E-state index contributed by atoms with van der Waals surface area (Å²) in [6, 6.07) is 6.24. The van der Waals surface area contributed by atoms with Gasteiger partial charge in [0.1, 0.15) is 11.3 Å². The molecule has 0 fully saturated rings. The van der Waals surface area contributed by atoms with E-state index in [0.717, 1.165) is 4.57 Å². The molecule has 106 valence electrons. The number of carboxylic acids is 1. The number of carboxylic acid groups (broad SMARTS) is 1. The number of aromatic carboxylic acids is 1. The summed E-state index contributed by atoms with van der Waals surface area (Å²) in [5, 5.41) is 10.2. The average Bonchev–Trinajstić information content (AvgIpc) is 2.65. The van der Waals surface area contributed by atoms with Crippen LogP contribution >= 0.6 is 11.6 Å². The first-order chi connectivity index (χ1) is 9.19. The van der Waals surface area contributed by atoms with Crippen molar-refractivity contribution in [1.29, 1.82) is 0 Å². The zero-order valence-corrected chi connectivity index (χ0v) is 12.1. The van der Waals surface area contributed by atoms with E-state index in [0.29, 0.717) is 15.9 Å². The number of nitrogens with zero attached hydrogens (tertiary/aromatic N) is 1. The van der Waals surface area contributed by atoms with Crippen molar-refractivity contribution in [1.82, 2.24) is 4.57 Å². The highest BCUT2D eigenvalue weighted by Gasteiger charge is 2.24. The van der Waals surface area contributed by atoms with E-state index < -0.39 is 17.7 Å². The molecule has 0 aliphatic heterocycles. The first-order valence-electron chi connectivity index (χ1n) is 5.97. The van der Waals surface area contributed by atoms with Crippen LogP contribution in [0.5, 0.6) is 0 Å². The van der Waals surface area contributed by atoms with Crippen LogP contribution in [0.15, 0.2) is 24.3 Å². The highest BCUT2D eigenvalue weighted by Crippen LogP contribution is 2.25. The van der Waals surface area contributed by atoms with Gasteiger partial charge in [-0.1, -0.05) is 17.7 Å². The standard InChI is InChI=1S/C14H14ClNO4/c1-14(2,3)20-13(19)16-10-7-9(15)5-4-8(10)6-11(16)12(17)18/h4-7H,1-3H3,(H,17,18). The van der Waals surface area contributed by atoms with Crippen molar-refractivity contribution in [2.24, 2.45) is 0 Å². The molecule has 0 saturated heterocycles. The van der Waals surface area contributed by atoms with Gasteiger partial charge in [0.2, 0.25) is 0 Å². The second-order valence-corrected chi connectivity index (χ2v) is 5.79. The summed E-state index contributed by atoms with van der Waals surface area (Å²) < 4.78 is 6.26. The Morgan fingerprint density at radius 1 is 1.25 bits per heavy atom. The van der Waals surface area contributed by atoms with E-state index in [4.69, 9.17) is 16.3 Å². The highest BCUT2D eigenvalue weighted by atomic mass is 35.5. The lowest BCUT2D eigenvalue weighted by Crippen LogP contribution is -2.28. The van der Waals surface area contributed by atoms with Crippen LogP contribution in [-0.2, 0) is 4.74 Å². The Bertz CT molecular complexity index is 697. The molecule has 0 bridgehead atoms. The number of benzene rings is 1. The van der Waals surface area contributed by atoms with Crippen molar-refractivity contribution in [3.8, 4) is 0 Å². The van der Waals surface area contributed by atoms with Crippen LogP contribution in [0.1, 0.15) is 31.3 Å². The fraction of sp³-hybridized carbons (Fsp3) is 0.286. The molecule has 0 atom stereocenters. The molecule has 0 aliphatic carbocycles. The second kappa shape index (κ2) is 4.83. The van der Waals surface area contributed by atoms with E-state index in [9.17, 15) is 14.7 Å². The second-order valence-electron chi connectivity index (χ2n) is 5.35. The Hall–Kier alpha value is -2.01. The van der Waals surface area contributed by atoms with Gasteiger partial charge in [0.05, 0.1) is 5.52 Å². The molecule has 0 saturated carbocycles. The smallest absolute Gasteiger partial charge is 0.419 e. The number of carbonyl (C=O) groups excluding carboxylic acids is 1. The van der Waals surface area contributed by atoms with E-state index in [-0.39, 0.29) is 5.69 Å². The maximum absolute atomic E-state index is 12.2. The number of hydrogen-bond acceptors (Lipinski definition) is 3. The summed E-state index contributed by atoms with van der Waals surface area (Å²) in [7, 11) is 0. The lowest BCUT2D eigenvalue weighted by molar-refractivity contribution is 0.0513. The lowest BCUT2D eigenvalue weighted by atomic mass is 10.2. The van der Waals surface area contributed by atoms with Crippen molar-refractivity contribution in [2.45, 2.75) is 26.4 Å². The third-order valence-corrected chi connectivity index (χ3v) is 2.80. The Morgan fingerprint density at radius 2 is 1.90 bits per heavy atom. The molecule has 20 heavy (non-hydrogen) atoms. The minimum absolute atomic E-state index is 0.156. The predicted octanol–water partition coefficient (Wildman–Crippen LogP) is 3.78. The Labute approximate surface area is 120 Å². The zero-order valence-electron chi connectivity index (χ0n) is 11.3. The Kier molecular flexibility index (Phi) is 3.48. The number of carbonyl (C=O) groups is 2. The zero-order chi connectivity index (χ0) is 15.1. The van der Waals surface area contributed by atoms with Gasteiger partial charge in [-0.2, -0.15) is 0 Å². The van der Waals surface area contributed by atoms with Gasteiger partial charge in [-0.3, -0.25) is 0 Å². The molecular weight excluding hydrogens is 282 g/mol. The molecule has 0 aliphatic rings. The summed E-state index contributed by atoms with van der Waals surface area (Å²) in [4.78, 5) is 23.5. The monoisotopic (exact) mass is 295 g/mol. The van der Waals surface area contributed by atoms with Crippen molar-refractivity contribution >= 4 is 34.6 Å². The molecule has 0 radical (unpaired) electrons. The van der Waals surface area contributed by atoms with Gasteiger partial charge >= 0.3 is 12.1 Å². The normalized spacial score (nSPS) is 11.6. The Balaban J connectivity index is 2.65. The van der Waals surface area contributed by atoms with Crippen molar-refractivity contribution < 1.29 is 19.4 Å². The van der Waals surface area contributed by atoms with Gasteiger partial charge in [-0.05, 0) is 39.0 Å². The van der Waals surface area contributed by atoms with E-state index in [1.54, 1.807) is 32.9 Å². The van der Waals surface area contributed by atoms with Crippen molar-refractivity contribution in [3.63, 3.8) is 0 Å². The Morgan fingerprint density at radius 3 is 2.45 bits per heavy atom. The molecular formula is C14H14ClNO4. The first kappa shape index (κ1) is 14.4. The predicted molar refractivity (Wildman–Crippen MR) is 75.5 cm³/mol. The minimum atomic E-state index is -1.21. The summed E-state index contributed by atoms with van der Waals surface area (Å²) in [6.07, 6.45) is -0.743. The third-order valence-electron chi connectivity index (χ3n) is 2.56. The number of aromatic nitrogens is 1. The molecule has 5 nitrogen and oxygen atoms in total. The molecule has 1 N–H and O–H groups in total. The molecule has 1 aromatic carbocycles. The van der Waals surface area contributed by atoms with Gasteiger partial charge in [-0.15, -0.1) is 0 Å². The largest absolute Gasteiger partial charge is 0.477 e. The number of rotatable bonds is 1. The van der Waals surface area contributed by atoms with Gasteiger partial charge < -0.3 is 9.84 Å². The van der Waals surface area contributed by atoms with E-state index in [1.807, 2.05) is 0 Å². The highest BCUT2D eigenvalue weighted by molar-refractivity contribution is 6.31. The topological polar surface area (TPSA) is 68.5 Å². The number of hydrogen-bond donors (Lipinski definition) is 1. The molecule has 2 rings (SSSR count). The number of fused-ring (bicyclic) bond motifs is 1. The maximum atomic E-state index is 12.2. The van der Waals surface area contributed by atoms with Gasteiger partial charge in [0.25, 0.3) is 0 Å². The van der Waals surface area contributed by atoms with Gasteiger partial charge in [-0.25, -0.2) is 14.2 Å². The summed E-state index contributed by atoms with van der Waals surface area (Å²) in [6.45, 7) is 5.14. The van der Waals surface area contributed by atoms with Crippen LogP contribution in [-0.4, -0.2) is 27.3 Å². The number of ether oxygens (including phenoxy) is 1. The van der Waals surface area contributed by atoms with Crippen molar-refractivity contribution in [2.75, 3.05) is 0 Å². The molecule has 2 aromatic rings. The fourth-order valence-electron chi connectivity index (χ4n) is 1.84. The van der Waals surface area contributed by atoms with E-state index in [2.05, 4.69) is 0 Å². The molecule has 0 spiro atoms. The summed E-state index contributed by atoms with van der Waals surface area (Å²) in [5.41, 5.74) is -0.470. The summed E-state index contributed by atoms with van der Waals surface area (Å²) >= 11 is 5.90. The van der Waals surface area contributed by atoms with Gasteiger partial charge in [0.15, 0.2) is 0 Å². The van der Waals surface area contributed by atoms with Crippen LogP contribution in [0.2, 0.25) is 5.02 Å². The van der Waals surface area contributed by atoms with E-state index in [1.165, 1.54) is 12.1 Å². The van der Waals surface area contributed by atoms with Crippen LogP contribution < -0.4 is 0 Å². The molecule has 0 amide bonds. The van der Waals surface area contributed by atoms with Gasteiger partial charge in [0, 0.05) is 10.4 Å². The van der Waals surface area contributed by atoms with Crippen molar-refractivity contribution in [3.05, 3.63) is 35.0 Å². The quantitative estimate of drug-likeness (QED) is 0.869. The molecule has 6 heteroatoms. The SMILES string of the molecule is CC(C)(C)OC(=O)n1c(C(=O)O)cc2ccc(Cl)cc21. The number of halogens is 1. The maximum Gasteiger partial charge on any atom is 0.419 e. The molecule has 0 unspecified atom stereocenters. The van der Waals surface area contributed by atoms with Crippen LogP contribution in [0.4, 0.5) is 4.79 Å². The van der Waals surface area contributed by atoms with Crippen LogP contribution in [0.25, 0.3) is 10.9 Å². The third kappa shape index (κ3) is 2.77. The van der Waals surface area contributed by atoms with E-state index >= 15 is 0 Å². The lowest BCUT2D eigenvalue weighted by Gasteiger charge is -2.20. The fourth-order valence-corrected chi connectivity index (χ4v) is 2.00. The first-order valence-corrected chi connectivity index (χ1v) is 6.34. The van der Waals surface area contributed by atoms with Crippen LogP contribution in [0.3, 0.4) is 0 Å². The van der Waals surface area contributed by atoms with Crippen LogP contribution in [0, 0.1) is 0 Å². The minimum Gasteiger partial charge on any atom is -0.477 e. The molecule has 1 aromatic heterocycles. The average molecular weight is 296 g/mol. The summed E-state index contributed by atoms with van der Waals surface area (Å²) in [5.74, 6) is -1.21. The molecule has 1 heterocycles.